The van der Waals surface area contributed by atoms with Gasteiger partial charge in [0.15, 0.2) is 0 Å². The summed E-state index contributed by atoms with van der Waals surface area (Å²) >= 11 is 0. The molecular formula is C16H14NO4-. The smallest absolute Gasteiger partial charge is 0.252 e. The fourth-order valence-corrected chi connectivity index (χ4v) is 1.88. The standard InChI is InChI=1S/C16H15NO4/c1-21-13-9-7-12(8-10-13)15(18)17-14(16(19)20)11-5-3-2-4-6-11/h2-10,14H,1H3,(H,17,18)(H,19,20)/p-1/t14-/m0/s1. The Bertz CT molecular complexity index is 622. The number of benzene rings is 2. The summed E-state index contributed by atoms with van der Waals surface area (Å²) in [5.41, 5.74) is 0.803. The third kappa shape index (κ3) is 3.60. The van der Waals surface area contributed by atoms with E-state index in [1.54, 1.807) is 54.6 Å². The van der Waals surface area contributed by atoms with Crippen LogP contribution in [0.4, 0.5) is 0 Å². The highest BCUT2D eigenvalue weighted by Crippen LogP contribution is 2.15. The van der Waals surface area contributed by atoms with Crippen molar-refractivity contribution in [2.24, 2.45) is 0 Å². The summed E-state index contributed by atoms with van der Waals surface area (Å²) in [5.74, 6) is -1.23. The molecule has 2 aromatic rings. The maximum atomic E-state index is 12.1. The van der Waals surface area contributed by atoms with Crippen LogP contribution < -0.4 is 15.2 Å². The van der Waals surface area contributed by atoms with E-state index < -0.39 is 17.9 Å². The van der Waals surface area contributed by atoms with Crippen molar-refractivity contribution in [1.29, 1.82) is 0 Å². The van der Waals surface area contributed by atoms with Crippen LogP contribution in [0.1, 0.15) is 22.0 Å². The van der Waals surface area contributed by atoms with Gasteiger partial charge in [-0.2, -0.15) is 0 Å². The molecule has 5 heteroatoms. The molecule has 108 valence electrons. The van der Waals surface area contributed by atoms with Gasteiger partial charge < -0.3 is 20.0 Å². The lowest BCUT2D eigenvalue weighted by atomic mass is 10.1. The van der Waals surface area contributed by atoms with Crippen LogP contribution in [0.2, 0.25) is 0 Å². The lowest BCUT2D eigenvalue weighted by Gasteiger charge is -2.20. The Labute approximate surface area is 122 Å². The van der Waals surface area contributed by atoms with E-state index in [9.17, 15) is 14.7 Å². The number of carboxylic acids is 1. The average Bonchev–Trinajstić information content (AvgIpc) is 2.53. The van der Waals surface area contributed by atoms with Gasteiger partial charge in [-0.15, -0.1) is 0 Å². The Balaban J connectivity index is 2.16. The molecule has 0 aliphatic heterocycles. The highest BCUT2D eigenvalue weighted by Gasteiger charge is 2.16. The number of amides is 1. The lowest BCUT2D eigenvalue weighted by molar-refractivity contribution is -0.308. The molecule has 2 aromatic carbocycles. The largest absolute Gasteiger partial charge is 0.548 e. The van der Waals surface area contributed by atoms with Gasteiger partial charge in [0.05, 0.1) is 19.1 Å². The molecule has 21 heavy (non-hydrogen) atoms. The molecule has 0 unspecified atom stereocenters. The summed E-state index contributed by atoms with van der Waals surface area (Å²) in [6.07, 6.45) is 0. The molecule has 5 nitrogen and oxygen atoms in total. The van der Waals surface area contributed by atoms with Gasteiger partial charge in [-0.05, 0) is 29.8 Å². The third-order valence-corrected chi connectivity index (χ3v) is 3.00. The van der Waals surface area contributed by atoms with Crippen LogP contribution >= 0.6 is 0 Å². The van der Waals surface area contributed by atoms with E-state index in [2.05, 4.69) is 5.32 Å². The quantitative estimate of drug-likeness (QED) is 0.885. The Morgan fingerprint density at radius 2 is 1.67 bits per heavy atom. The van der Waals surface area contributed by atoms with E-state index in [0.29, 0.717) is 16.9 Å². The summed E-state index contributed by atoms with van der Waals surface area (Å²) in [4.78, 5) is 23.3. The molecule has 0 heterocycles. The molecule has 1 amide bonds. The van der Waals surface area contributed by atoms with Crippen molar-refractivity contribution in [3.05, 3.63) is 65.7 Å². The van der Waals surface area contributed by atoms with Crippen molar-refractivity contribution in [3.63, 3.8) is 0 Å². The average molecular weight is 284 g/mol. The molecule has 0 bridgehead atoms. The normalized spacial score (nSPS) is 11.5. The number of aliphatic carboxylic acids is 1. The molecule has 0 saturated carbocycles. The Morgan fingerprint density at radius 1 is 1.05 bits per heavy atom. The predicted molar refractivity (Wildman–Crippen MR) is 74.7 cm³/mol. The molecular weight excluding hydrogens is 270 g/mol. The zero-order valence-electron chi connectivity index (χ0n) is 11.4. The van der Waals surface area contributed by atoms with Gasteiger partial charge in [0.25, 0.3) is 5.91 Å². The van der Waals surface area contributed by atoms with E-state index >= 15 is 0 Å². The highest BCUT2D eigenvalue weighted by molar-refractivity contribution is 5.96. The topological polar surface area (TPSA) is 78.5 Å². The summed E-state index contributed by atoms with van der Waals surface area (Å²) in [6, 6.07) is 13.6. The first-order chi connectivity index (χ1) is 10.1. The Morgan fingerprint density at radius 3 is 2.19 bits per heavy atom. The fraction of sp³-hybridized carbons (Fsp3) is 0.125. The molecule has 0 aliphatic rings. The van der Waals surface area contributed by atoms with E-state index in [4.69, 9.17) is 4.74 Å². The molecule has 0 spiro atoms. The molecule has 0 saturated heterocycles. The molecule has 0 aliphatic carbocycles. The number of hydrogen-bond acceptors (Lipinski definition) is 4. The number of carboxylic acid groups (broad SMARTS) is 1. The minimum atomic E-state index is -1.36. The second-order valence-corrected chi connectivity index (χ2v) is 4.36. The highest BCUT2D eigenvalue weighted by atomic mass is 16.5. The second kappa shape index (κ2) is 6.56. The van der Waals surface area contributed by atoms with Crippen LogP contribution in [0.3, 0.4) is 0 Å². The molecule has 0 fully saturated rings. The Hall–Kier alpha value is -2.82. The van der Waals surface area contributed by atoms with Gasteiger partial charge >= 0.3 is 0 Å². The van der Waals surface area contributed by atoms with Crippen molar-refractivity contribution >= 4 is 11.9 Å². The third-order valence-electron chi connectivity index (χ3n) is 3.00. The number of ether oxygens (including phenoxy) is 1. The van der Waals surface area contributed by atoms with Gasteiger partial charge in [-0.1, -0.05) is 30.3 Å². The first-order valence-electron chi connectivity index (χ1n) is 6.32. The van der Waals surface area contributed by atoms with Gasteiger partial charge in [-0.25, -0.2) is 0 Å². The minimum Gasteiger partial charge on any atom is -0.548 e. The van der Waals surface area contributed by atoms with E-state index in [1.807, 2.05) is 0 Å². The van der Waals surface area contributed by atoms with Gasteiger partial charge in [0.1, 0.15) is 5.75 Å². The summed E-state index contributed by atoms with van der Waals surface area (Å²) < 4.78 is 5.00. The summed E-state index contributed by atoms with van der Waals surface area (Å²) in [5, 5.41) is 13.7. The number of hydrogen-bond donors (Lipinski definition) is 1. The predicted octanol–water partition coefficient (Wildman–Crippen LogP) is 0.916. The van der Waals surface area contributed by atoms with Crippen molar-refractivity contribution in [3.8, 4) is 5.75 Å². The van der Waals surface area contributed by atoms with Crippen molar-refractivity contribution in [1.82, 2.24) is 5.32 Å². The first kappa shape index (κ1) is 14.6. The number of nitrogens with one attached hydrogen (secondary N) is 1. The number of carbonyl (C=O) groups excluding carboxylic acids is 2. The van der Waals surface area contributed by atoms with Crippen LogP contribution in [-0.2, 0) is 4.79 Å². The number of rotatable bonds is 5. The molecule has 2 rings (SSSR count). The second-order valence-electron chi connectivity index (χ2n) is 4.36. The van der Waals surface area contributed by atoms with Crippen LogP contribution in [0, 0.1) is 0 Å². The number of carbonyl (C=O) groups is 2. The summed E-state index contributed by atoms with van der Waals surface area (Å²) in [7, 11) is 1.52. The number of methoxy groups -OCH3 is 1. The SMILES string of the molecule is COc1ccc(C(=O)N[C@H](C(=O)[O-])c2ccccc2)cc1. The zero-order chi connectivity index (χ0) is 15.2. The van der Waals surface area contributed by atoms with E-state index in [0.717, 1.165) is 0 Å². The maximum Gasteiger partial charge on any atom is 0.252 e. The van der Waals surface area contributed by atoms with Gasteiger partial charge in [0, 0.05) is 5.56 Å². The van der Waals surface area contributed by atoms with Crippen molar-refractivity contribution in [2.45, 2.75) is 6.04 Å². The monoisotopic (exact) mass is 284 g/mol. The zero-order valence-corrected chi connectivity index (χ0v) is 11.4. The van der Waals surface area contributed by atoms with Crippen LogP contribution in [0.5, 0.6) is 5.75 Å². The van der Waals surface area contributed by atoms with Crippen LogP contribution in [0.15, 0.2) is 54.6 Å². The van der Waals surface area contributed by atoms with E-state index in [-0.39, 0.29) is 0 Å². The van der Waals surface area contributed by atoms with Crippen molar-refractivity contribution < 1.29 is 19.4 Å². The lowest BCUT2D eigenvalue weighted by Crippen LogP contribution is -2.41. The fourth-order valence-electron chi connectivity index (χ4n) is 1.88. The van der Waals surface area contributed by atoms with E-state index in [1.165, 1.54) is 7.11 Å². The first-order valence-corrected chi connectivity index (χ1v) is 6.32. The maximum absolute atomic E-state index is 12.1. The van der Waals surface area contributed by atoms with Gasteiger partial charge in [0.2, 0.25) is 0 Å². The van der Waals surface area contributed by atoms with Crippen LogP contribution in [-0.4, -0.2) is 19.0 Å². The minimum absolute atomic E-state index is 0.345. The summed E-state index contributed by atoms with van der Waals surface area (Å²) in [6.45, 7) is 0. The van der Waals surface area contributed by atoms with Crippen LogP contribution in [0.25, 0.3) is 0 Å². The molecule has 1 atom stereocenters. The van der Waals surface area contributed by atoms with Crippen molar-refractivity contribution in [2.75, 3.05) is 7.11 Å². The molecule has 0 radical (unpaired) electrons. The molecule has 1 N–H and O–H groups in total. The Kier molecular flexibility index (Phi) is 4.56. The molecule has 0 aromatic heterocycles. The van der Waals surface area contributed by atoms with Gasteiger partial charge in [-0.3, -0.25) is 4.79 Å².